The Balaban J connectivity index is 1.83. The van der Waals surface area contributed by atoms with Crippen molar-refractivity contribution in [3.8, 4) is 0 Å². The van der Waals surface area contributed by atoms with E-state index < -0.39 is 0 Å². The summed E-state index contributed by atoms with van der Waals surface area (Å²) in [7, 11) is 0. The summed E-state index contributed by atoms with van der Waals surface area (Å²) in [5, 5.41) is 3.60. The number of carbonyl (C=O) groups excluding carboxylic acids is 1. The molecule has 3 rings (SSSR count). The second kappa shape index (κ2) is 5.68. The molecule has 0 aliphatic heterocycles. The first kappa shape index (κ1) is 13.2. The Kier molecular flexibility index (Phi) is 3.75. The van der Waals surface area contributed by atoms with E-state index in [4.69, 9.17) is 11.6 Å². The molecule has 1 aliphatic rings. The number of amides is 1. The number of nitrogens with one attached hydrogen (secondary N) is 1. The van der Waals surface area contributed by atoms with Crippen molar-refractivity contribution in [2.75, 3.05) is 0 Å². The molecule has 0 aromatic heterocycles. The van der Waals surface area contributed by atoms with Crippen LogP contribution in [0.3, 0.4) is 0 Å². The summed E-state index contributed by atoms with van der Waals surface area (Å²) in [4.78, 5) is 12.3. The highest BCUT2D eigenvalue weighted by atomic mass is 35.5. The average molecular weight is 286 g/mol. The lowest BCUT2D eigenvalue weighted by Gasteiger charge is -2.26. The molecule has 0 unspecified atom stereocenters. The second-order valence-electron chi connectivity index (χ2n) is 5.10. The first-order valence-electron chi connectivity index (χ1n) is 6.89. The maximum Gasteiger partial charge on any atom is 0.253 e. The van der Waals surface area contributed by atoms with Crippen LogP contribution < -0.4 is 5.32 Å². The molecule has 0 fully saturated rings. The standard InChI is InChI=1S/C17H16ClNO/c18-15-10-4-3-9-14(15)17(20)19-16-11-5-7-12-6-1-2-8-13(12)16/h1-4,6,8-10,16H,5,7,11H2,(H,19,20)/t16-/m0/s1. The van der Waals surface area contributed by atoms with E-state index in [1.165, 1.54) is 11.1 Å². The van der Waals surface area contributed by atoms with Crippen LogP contribution in [-0.4, -0.2) is 5.91 Å². The van der Waals surface area contributed by atoms with Gasteiger partial charge in [-0.3, -0.25) is 4.79 Å². The maximum absolute atomic E-state index is 12.3. The Labute approximate surface area is 123 Å². The van der Waals surface area contributed by atoms with Gasteiger partial charge in [-0.25, -0.2) is 0 Å². The first-order valence-corrected chi connectivity index (χ1v) is 7.26. The first-order chi connectivity index (χ1) is 9.75. The summed E-state index contributed by atoms with van der Waals surface area (Å²) in [6, 6.07) is 15.6. The molecule has 102 valence electrons. The molecule has 2 aromatic rings. The molecule has 0 heterocycles. The highest BCUT2D eigenvalue weighted by molar-refractivity contribution is 6.33. The normalized spacial score (nSPS) is 17.4. The predicted molar refractivity (Wildman–Crippen MR) is 81.0 cm³/mol. The van der Waals surface area contributed by atoms with Crippen molar-refractivity contribution in [1.29, 1.82) is 0 Å². The number of carbonyl (C=O) groups is 1. The minimum atomic E-state index is -0.0997. The molecule has 0 saturated carbocycles. The summed E-state index contributed by atoms with van der Waals surface area (Å²) in [5.41, 5.74) is 3.11. The van der Waals surface area contributed by atoms with Gasteiger partial charge in [0, 0.05) is 0 Å². The van der Waals surface area contributed by atoms with Crippen LogP contribution >= 0.6 is 11.6 Å². The zero-order valence-corrected chi connectivity index (χ0v) is 11.9. The van der Waals surface area contributed by atoms with E-state index in [0.717, 1.165) is 19.3 Å². The van der Waals surface area contributed by atoms with Gasteiger partial charge in [-0.2, -0.15) is 0 Å². The van der Waals surface area contributed by atoms with Gasteiger partial charge in [-0.1, -0.05) is 48.0 Å². The van der Waals surface area contributed by atoms with Crippen LogP contribution in [0, 0.1) is 0 Å². The molecule has 2 aromatic carbocycles. The number of hydrogen-bond acceptors (Lipinski definition) is 1. The Morgan fingerprint density at radius 3 is 2.70 bits per heavy atom. The molecule has 0 saturated heterocycles. The van der Waals surface area contributed by atoms with E-state index in [1.54, 1.807) is 12.1 Å². The fourth-order valence-electron chi connectivity index (χ4n) is 2.79. The largest absolute Gasteiger partial charge is 0.345 e. The monoisotopic (exact) mass is 285 g/mol. The molecule has 1 atom stereocenters. The lowest BCUT2D eigenvalue weighted by molar-refractivity contribution is 0.0933. The lowest BCUT2D eigenvalue weighted by atomic mass is 9.87. The van der Waals surface area contributed by atoms with Crippen molar-refractivity contribution in [2.24, 2.45) is 0 Å². The summed E-state index contributed by atoms with van der Waals surface area (Å²) >= 11 is 6.08. The number of fused-ring (bicyclic) bond motifs is 1. The quantitative estimate of drug-likeness (QED) is 0.882. The molecule has 0 spiro atoms. The van der Waals surface area contributed by atoms with Crippen LogP contribution in [-0.2, 0) is 6.42 Å². The summed E-state index contributed by atoms with van der Waals surface area (Å²) in [6.45, 7) is 0. The van der Waals surface area contributed by atoms with Crippen molar-refractivity contribution in [2.45, 2.75) is 25.3 Å². The van der Waals surface area contributed by atoms with Gasteiger partial charge in [0.2, 0.25) is 0 Å². The van der Waals surface area contributed by atoms with Crippen molar-refractivity contribution < 1.29 is 4.79 Å². The topological polar surface area (TPSA) is 29.1 Å². The summed E-state index contributed by atoms with van der Waals surface area (Å²) in [6.07, 6.45) is 3.17. The van der Waals surface area contributed by atoms with Crippen LogP contribution in [0.15, 0.2) is 48.5 Å². The average Bonchev–Trinajstić information content (AvgIpc) is 2.48. The van der Waals surface area contributed by atoms with Crippen LogP contribution in [0.1, 0.15) is 40.4 Å². The predicted octanol–water partition coefficient (Wildman–Crippen LogP) is 4.15. The maximum atomic E-state index is 12.3. The van der Waals surface area contributed by atoms with Crippen LogP contribution in [0.25, 0.3) is 0 Å². The molecule has 20 heavy (non-hydrogen) atoms. The van der Waals surface area contributed by atoms with Gasteiger partial charge in [0.25, 0.3) is 5.91 Å². The van der Waals surface area contributed by atoms with Gasteiger partial charge in [-0.05, 0) is 42.5 Å². The van der Waals surface area contributed by atoms with Crippen molar-refractivity contribution in [3.05, 3.63) is 70.2 Å². The third-order valence-electron chi connectivity index (χ3n) is 3.79. The van der Waals surface area contributed by atoms with Gasteiger partial charge in [0.05, 0.1) is 16.6 Å². The fraction of sp³-hybridized carbons (Fsp3) is 0.235. The van der Waals surface area contributed by atoms with Gasteiger partial charge in [0.15, 0.2) is 0 Å². The fourth-order valence-corrected chi connectivity index (χ4v) is 3.01. The number of hydrogen-bond donors (Lipinski definition) is 1. The molecule has 0 bridgehead atoms. The molecule has 0 radical (unpaired) electrons. The Bertz CT molecular complexity index is 638. The van der Waals surface area contributed by atoms with E-state index in [2.05, 4.69) is 23.5 Å². The van der Waals surface area contributed by atoms with Crippen molar-refractivity contribution >= 4 is 17.5 Å². The summed E-state index contributed by atoms with van der Waals surface area (Å²) < 4.78 is 0. The van der Waals surface area contributed by atoms with Gasteiger partial charge < -0.3 is 5.32 Å². The minimum Gasteiger partial charge on any atom is -0.345 e. The van der Waals surface area contributed by atoms with Crippen LogP contribution in [0.2, 0.25) is 5.02 Å². The molecular weight excluding hydrogens is 270 g/mol. The van der Waals surface area contributed by atoms with Gasteiger partial charge >= 0.3 is 0 Å². The van der Waals surface area contributed by atoms with Gasteiger partial charge in [-0.15, -0.1) is 0 Å². The Morgan fingerprint density at radius 1 is 1.10 bits per heavy atom. The molecular formula is C17H16ClNO. The molecule has 1 N–H and O–H groups in total. The molecule has 3 heteroatoms. The SMILES string of the molecule is O=C(N[C@H]1CCCc2ccccc21)c1ccccc1Cl. The minimum absolute atomic E-state index is 0.0868. The summed E-state index contributed by atoms with van der Waals surface area (Å²) in [5.74, 6) is -0.0997. The van der Waals surface area contributed by atoms with E-state index in [9.17, 15) is 4.79 Å². The highest BCUT2D eigenvalue weighted by Gasteiger charge is 2.22. The number of halogens is 1. The third kappa shape index (κ3) is 2.56. The van der Waals surface area contributed by atoms with E-state index in [-0.39, 0.29) is 11.9 Å². The van der Waals surface area contributed by atoms with Crippen LogP contribution in [0.4, 0.5) is 0 Å². The number of rotatable bonds is 2. The van der Waals surface area contributed by atoms with Crippen LogP contribution in [0.5, 0.6) is 0 Å². The highest BCUT2D eigenvalue weighted by Crippen LogP contribution is 2.30. The molecule has 1 aliphatic carbocycles. The lowest BCUT2D eigenvalue weighted by Crippen LogP contribution is -2.31. The number of benzene rings is 2. The van der Waals surface area contributed by atoms with Crippen molar-refractivity contribution in [3.63, 3.8) is 0 Å². The third-order valence-corrected chi connectivity index (χ3v) is 4.12. The Morgan fingerprint density at radius 2 is 1.85 bits per heavy atom. The van der Waals surface area contributed by atoms with Gasteiger partial charge in [0.1, 0.15) is 0 Å². The number of aryl methyl sites for hydroxylation is 1. The van der Waals surface area contributed by atoms with E-state index in [0.29, 0.717) is 10.6 Å². The molecule has 2 nitrogen and oxygen atoms in total. The smallest absolute Gasteiger partial charge is 0.253 e. The van der Waals surface area contributed by atoms with Crippen molar-refractivity contribution in [1.82, 2.24) is 5.32 Å². The zero-order valence-electron chi connectivity index (χ0n) is 11.1. The van der Waals surface area contributed by atoms with E-state index in [1.807, 2.05) is 18.2 Å². The molecule has 1 amide bonds. The van der Waals surface area contributed by atoms with E-state index >= 15 is 0 Å². The second-order valence-corrected chi connectivity index (χ2v) is 5.50. The zero-order chi connectivity index (χ0) is 13.9. The Hall–Kier alpha value is -1.80.